The molecule has 0 fully saturated rings. The van der Waals surface area contributed by atoms with E-state index in [0.717, 1.165) is 22.3 Å². The summed E-state index contributed by atoms with van der Waals surface area (Å²) in [6, 6.07) is 15.1. The van der Waals surface area contributed by atoms with E-state index in [1.807, 2.05) is 61.7 Å². The van der Waals surface area contributed by atoms with Crippen molar-refractivity contribution in [1.29, 1.82) is 0 Å². The van der Waals surface area contributed by atoms with Gasteiger partial charge in [0.1, 0.15) is 17.0 Å². The molecule has 0 aliphatic rings. The van der Waals surface area contributed by atoms with Gasteiger partial charge < -0.3 is 9.15 Å². The summed E-state index contributed by atoms with van der Waals surface area (Å²) in [5, 5.41) is 6.21. The van der Waals surface area contributed by atoms with Crippen LogP contribution >= 0.6 is 11.3 Å². The van der Waals surface area contributed by atoms with Gasteiger partial charge in [0.05, 0.1) is 6.61 Å². The number of anilines is 1. The second kappa shape index (κ2) is 7.25. The first-order valence-electron chi connectivity index (χ1n) is 8.63. The standard InChI is InChI=1S/C21H18N2O3S/c1-3-25-15-8-9-18-14(10-15)11-19(26-18)17-12-27-21(22-17)23-20(24)16-7-5-4-6-13(16)2/h4-12H,3H2,1-2H3,(H,22,23,24). The number of fused-ring (bicyclic) bond motifs is 1. The van der Waals surface area contributed by atoms with E-state index in [-0.39, 0.29) is 5.91 Å². The Labute approximate surface area is 160 Å². The number of aryl methyl sites for hydroxylation is 1. The fourth-order valence-electron chi connectivity index (χ4n) is 2.84. The predicted octanol–water partition coefficient (Wildman–Crippen LogP) is 5.52. The van der Waals surface area contributed by atoms with Gasteiger partial charge in [0.25, 0.3) is 5.91 Å². The first kappa shape index (κ1) is 17.3. The fourth-order valence-corrected chi connectivity index (χ4v) is 3.54. The highest BCUT2D eigenvalue weighted by Crippen LogP contribution is 2.32. The number of thiazole rings is 1. The number of carbonyl (C=O) groups is 1. The summed E-state index contributed by atoms with van der Waals surface area (Å²) >= 11 is 1.37. The Balaban J connectivity index is 1.56. The van der Waals surface area contributed by atoms with E-state index in [0.29, 0.717) is 28.8 Å². The number of aromatic nitrogens is 1. The topological polar surface area (TPSA) is 64.4 Å². The maximum atomic E-state index is 12.4. The number of furan rings is 1. The minimum absolute atomic E-state index is 0.167. The number of nitrogens with zero attached hydrogens (tertiary/aromatic N) is 1. The highest BCUT2D eigenvalue weighted by Gasteiger charge is 2.14. The Hall–Kier alpha value is -3.12. The molecule has 4 aromatic rings. The minimum atomic E-state index is -0.167. The molecule has 0 atom stereocenters. The number of amides is 1. The van der Waals surface area contributed by atoms with Crippen LogP contribution in [0.25, 0.3) is 22.4 Å². The van der Waals surface area contributed by atoms with Crippen molar-refractivity contribution < 1.29 is 13.9 Å². The van der Waals surface area contributed by atoms with Crippen LogP contribution in [0, 0.1) is 6.92 Å². The van der Waals surface area contributed by atoms with Crippen molar-refractivity contribution in [2.24, 2.45) is 0 Å². The van der Waals surface area contributed by atoms with Crippen molar-refractivity contribution in [3.05, 3.63) is 65.0 Å². The molecule has 1 amide bonds. The summed E-state index contributed by atoms with van der Waals surface area (Å²) in [4.78, 5) is 16.9. The number of ether oxygens (including phenoxy) is 1. The molecule has 4 rings (SSSR count). The molecule has 0 spiro atoms. The van der Waals surface area contributed by atoms with Crippen LogP contribution in [0.1, 0.15) is 22.8 Å². The Morgan fingerprint density at radius 1 is 1.22 bits per heavy atom. The lowest BCUT2D eigenvalue weighted by molar-refractivity contribution is 0.102. The van der Waals surface area contributed by atoms with Gasteiger partial charge >= 0.3 is 0 Å². The molecule has 6 heteroatoms. The largest absolute Gasteiger partial charge is 0.494 e. The lowest BCUT2D eigenvalue weighted by Crippen LogP contribution is -2.12. The maximum absolute atomic E-state index is 12.4. The smallest absolute Gasteiger partial charge is 0.257 e. The van der Waals surface area contributed by atoms with Gasteiger partial charge in [-0.15, -0.1) is 11.3 Å². The molecular formula is C21H18N2O3S. The average Bonchev–Trinajstić information content (AvgIpc) is 3.28. The highest BCUT2D eigenvalue weighted by atomic mass is 32.1. The Morgan fingerprint density at radius 3 is 2.89 bits per heavy atom. The van der Waals surface area contributed by atoms with Gasteiger partial charge in [0.2, 0.25) is 0 Å². The van der Waals surface area contributed by atoms with Gasteiger partial charge in [-0.25, -0.2) is 4.98 Å². The summed E-state index contributed by atoms with van der Waals surface area (Å²) in [6.45, 7) is 4.48. The molecule has 5 nitrogen and oxygen atoms in total. The molecule has 2 heterocycles. The summed E-state index contributed by atoms with van der Waals surface area (Å²) < 4.78 is 11.4. The average molecular weight is 378 g/mol. The van der Waals surface area contributed by atoms with Crippen LogP contribution in [0.4, 0.5) is 5.13 Å². The zero-order chi connectivity index (χ0) is 18.8. The van der Waals surface area contributed by atoms with Crippen LogP contribution in [0.2, 0.25) is 0 Å². The zero-order valence-electron chi connectivity index (χ0n) is 15.0. The summed E-state index contributed by atoms with van der Waals surface area (Å²) in [5.41, 5.74) is 3.02. The molecule has 0 unspecified atom stereocenters. The Morgan fingerprint density at radius 2 is 2.07 bits per heavy atom. The van der Waals surface area contributed by atoms with Crippen molar-refractivity contribution in [3.8, 4) is 17.2 Å². The van der Waals surface area contributed by atoms with Crippen molar-refractivity contribution in [1.82, 2.24) is 4.98 Å². The van der Waals surface area contributed by atoms with Crippen LogP contribution < -0.4 is 10.1 Å². The number of benzene rings is 2. The first-order chi connectivity index (χ1) is 13.1. The number of carbonyl (C=O) groups excluding carboxylic acids is 1. The molecule has 27 heavy (non-hydrogen) atoms. The third kappa shape index (κ3) is 3.57. The van der Waals surface area contributed by atoms with Crippen LogP contribution in [0.3, 0.4) is 0 Å². The number of hydrogen-bond acceptors (Lipinski definition) is 5. The van der Waals surface area contributed by atoms with Gasteiger partial charge in [-0.2, -0.15) is 0 Å². The van der Waals surface area contributed by atoms with Gasteiger partial charge in [-0.05, 0) is 49.7 Å². The third-order valence-corrected chi connectivity index (χ3v) is 4.92. The van der Waals surface area contributed by atoms with E-state index in [9.17, 15) is 4.79 Å². The Bertz CT molecular complexity index is 1110. The van der Waals surface area contributed by atoms with Crippen molar-refractivity contribution >= 4 is 33.3 Å². The molecule has 2 aromatic heterocycles. The fraction of sp³-hybridized carbons (Fsp3) is 0.143. The summed E-state index contributed by atoms with van der Waals surface area (Å²) in [5.74, 6) is 1.30. The second-order valence-corrected chi connectivity index (χ2v) is 6.91. The molecule has 0 aliphatic carbocycles. The van der Waals surface area contributed by atoms with Crippen molar-refractivity contribution in [3.63, 3.8) is 0 Å². The number of hydrogen-bond donors (Lipinski definition) is 1. The van der Waals surface area contributed by atoms with Gasteiger partial charge in [0.15, 0.2) is 10.9 Å². The zero-order valence-corrected chi connectivity index (χ0v) is 15.8. The molecule has 0 saturated heterocycles. The van der Waals surface area contributed by atoms with E-state index in [1.165, 1.54) is 11.3 Å². The molecule has 136 valence electrons. The summed E-state index contributed by atoms with van der Waals surface area (Å²) in [7, 11) is 0. The van der Waals surface area contributed by atoms with E-state index in [2.05, 4.69) is 10.3 Å². The molecule has 0 radical (unpaired) electrons. The molecule has 0 aliphatic heterocycles. The lowest BCUT2D eigenvalue weighted by atomic mass is 10.1. The first-order valence-corrected chi connectivity index (χ1v) is 9.51. The second-order valence-electron chi connectivity index (χ2n) is 6.05. The Kier molecular flexibility index (Phi) is 4.64. The molecule has 0 bridgehead atoms. The van der Waals surface area contributed by atoms with Crippen LogP contribution in [0.5, 0.6) is 5.75 Å². The normalized spacial score (nSPS) is 10.9. The van der Waals surface area contributed by atoms with E-state index in [4.69, 9.17) is 9.15 Å². The monoisotopic (exact) mass is 378 g/mol. The predicted molar refractivity (Wildman–Crippen MR) is 108 cm³/mol. The van der Waals surface area contributed by atoms with E-state index in [1.54, 1.807) is 6.07 Å². The van der Waals surface area contributed by atoms with Crippen LogP contribution in [-0.2, 0) is 0 Å². The van der Waals surface area contributed by atoms with Crippen molar-refractivity contribution in [2.45, 2.75) is 13.8 Å². The minimum Gasteiger partial charge on any atom is -0.494 e. The SMILES string of the molecule is CCOc1ccc2oc(-c3csc(NC(=O)c4ccccc4C)n3)cc2c1. The van der Waals surface area contributed by atoms with Gasteiger partial charge in [-0.3, -0.25) is 10.1 Å². The van der Waals surface area contributed by atoms with Crippen LogP contribution in [-0.4, -0.2) is 17.5 Å². The highest BCUT2D eigenvalue weighted by molar-refractivity contribution is 7.14. The molecule has 2 aromatic carbocycles. The quantitative estimate of drug-likeness (QED) is 0.497. The van der Waals surface area contributed by atoms with Crippen LogP contribution in [0.15, 0.2) is 58.3 Å². The van der Waals surface area contributed by atoms with E-state index < -0.39 is 0 Å². The molecular weight excluding hydrogens is 360 g/mol. The maximum Gasteiger partial charge on any atom is 0.257 e. The third-order valence-electron chi connectivity index (χ3n) is 4.17. The van der Waals surface area contributed by atoms with E-state index >= 15 is 0 Å². The number of rotatable bonds is 5. The van der Waals surface area contributed by atoms with Gasteiger partial charge in [0, 0.05) is 16.3 Å². The lowest BCUT2D eigenvalue weighted by Gasteiger charge is -2.04. The summed E-state index contributed by atoms with van der Waals surface area (Å²) in [6.07, 6.45) is 0. The molecule has 0 saturated carbocycles. The number of nitrogens with one attached hydrogen (secondary N) is 1. The van der Waals surface area contributed by atoms with Gasteiger partial charge in [-0.1, -0.05) is 18.2 Å². The molecule has 1 N–H and O–H groups in total. The van der Waals surface area contributed by atoms with Crippen molar-refractivity contribution in [2.75, 3.05) is 11.9 Å².